The number of nitrogens with one attached hydrogen (secondary N) is 2. The van der Waals surface area contributed by atoms with Crippen molar-refractivity contribution < 1.29 is 37.4 Å². The van der Waals surface area contributed by atoms with Gasteiger partial charge in [0.15, 0.2) is 0 Å². The molecule has 33 heavy (non-hydrogen) atoms. The van der Waals surface area contributed by atoms with Gasteiger partial charge in [-0.1, -0.05) is 55.5 Å². The molecule has 2 unspecified atom stereocenters. The Balaban J connectivity index is 1.62. The lowest BCUT2D eigenvalue weighted by Gasteiger charge is -2.21. The van der Waals surface area contributed by atoms with Gasteiger partial charge in [-0.2, -0.15) is 13.2 Å². The Morgan fingerprint density at radius 3 is 2.00 bits per heavy atom. The summed E-state index contributed by atoms with van der Waals surface area (Å²) in [6.45, 7) is 1.51. The van der Waals surface area contributed by atoms with Gasteiger partial charge >= 0.3 is 18.2 Å². The Kier molecular flexibility index (Phi) is 7.25. The van der Waals surface area contributed by atoms with Gasteiger partial charge in [-0.05, 0) is 28.7 Å². The van der Waals surface area contributed by atoms with E-state index in [1.54, 1.807) is 0 Å². The summed E-state index contributed by atoms with van der Waals surface area (Å²) in [5.41, 5.74) is 4.06. The summed E-state index contributed by atoms with van der Waals surface area (Å²) >= 11 is 0. The number of amides is 2. The Bertz CT molecular complexity index is 995. The van der Waals surface area contributed by atoms with Crippen LogP contribution in [0.3, 0.4) is 0 Å². The largest absolute Gasteiger partial charge is 0.480 e. The van der Waals surface area contributed by atoms with E-state index in [0.29, 0.717) is 0 Å². The van der Waals surface area contributed by atoms with Gasteiger partial charge in [0.2, 0.25) is 5.91 Å². The number of fused-ring (bicyclic) bond motifs is 3. The predicted molar refractivity (Wildman–Crippen MR) is 113 cm³/mol. The average molecular weight is 464 g/mol. The first-order valence-corrected chi connectivity index (χ1v) is 10.3. The molecule has 2 aromatic rings. The molecule has 3 rings (SSSR count). The summed E-state index contributed by atoms with van der Waals surface area (Å²) in [4.78, 5) is 35.7. The first-order chi connectivity index (χ1) is 15.6. The number of alkyl carbamates (subject to hydrolysis) is 1. The number of hydrogen-bond acceptors (Lipinski definition) is 4. The van der Waals surface area contributed by atoms with Gasteiger partial charge in [-0.15, -0.1) is 0 Å². The standard InChI is InChI=1S/C23H23F3N2O5/c1-2-18(20(29)27-19(21(30)31)11-23(24,25)26)28-22(32)33-12-17-15-9-5-3-7-13(15)14-8-4-6-10-16(14)17/h3-10,17-19H,2,11-12H2,1H3,(H,27,29)(H,28,32)(H,30,31). The summed E-state index contributed by atoms with van der Waals surface area (Å²) in [5.74, 6) is -3.07. The van der Waals surface area contributed by atoms with Crippen molar-refractivity contribution in [1.29, 1.82) is 0 Å². The fourth-order valence-corrected chi connectivity index (χ4v) is 3.84. The molecular weight excluding hydrogens is 441 g/mol. The molecule has 3 N–H and O–H groups in total. The van der Waals surface area contributed by atoms with Gasteiger partial charge in [-0.3, -0.25) is 4.79 Å². The van der Waals surface area contributed by atoms with E-state index >= 15 is 0 Å². The quantitative estimate of drug-likeness (QED) is 0.551. The average Bonchev–Trinajstić information content (AvgIpc) is 3.08. The Labute approximate surface area is 187 Å². The van der Waals surface area contributed by atoms with E-state index in [-0.39, 0.29) is 18.9 Å². The third-order valence-electron chi connectivity index (χ3n) is 5.41. The zero-order valence-electron chi connectivity index (χ0n) is 17.7. The third kappa shape index (κ3) is 5.82. The lowest BCUT2D eigenvalue weighted by molar-refractivity contribution is -0.160. The van der Waals surface area contributed by atoms with E-state index in [4.69, 9.17) is 9.84 Å². The molecular formula is C23H23F3N2O5. The number of carboxylic acid groups (broad SMARTS) is 1. The van der Waals surface area contributed by atoms with Crippen molar-refractivity contribution in [2.75, 3.05) is 6.61 Å². The molecule has 7 nitrogen and oxygen atoms in total. The minimum Gasteiger partial charge on any atom is -0.480 e. The molecule has 0 aromatic heterocycles. The van der Waals surface area contributed by atoms with Gasteiger partial charge in [0.25, 0.3) is 0 Å². The summed E-state index contributed by atoms with van der Waals surface area (Å²) in [6, 6.07) is 12.0. The van der Waals surface area contributed by atoms with Crippen LogP contribution >= 0.6 is 0 Å². The smallest absolute Gasteiger partial charge is 0.407 e. The molecule has 0 spiro atoms. The molecule has 2 amide bonds. The number of aliphatic carboxylic acids is 1. The molecule has 176 valence electrons. The van der Waals surface area contributed by atoms with Crippen LogP contribution in [0.15, 0.2) is 48.5 Å². The highest BCUT2D eigenvalue weighted by Crippen LogP contribution is 2.44. The van der Waals surface area contributed by atoms with Crippen LogP contribution < -0.4 is 10.6 Å². The number of carbonyl (C=O) groups is 3. The monoisotopic (exact) mass is 464 g/mol. The molecule has 0 aliphatic heterocycles. The first-order valence-electron chi connectivity index (χ1n) is 10.3. The summed E-state index contributed by atoms with van der Waals surface area (Å²) < 4.78 is 43.0. The van der Waals surface area contributed by atoms with Crippen molar-refractivity contribution >= 4 is 18.0 Å². The molecule has 0 bridgehead atoms. The van der Waals surface area contributed by atoms with Crippen LogP contribution in [-0.2, 0) is 14.3 Å². The lowest BCUT2D eigenvalue weighted by Crippen LogP contribution is -2.52. The van der Waals surface area contributed by atoms with Gasteiger partial charge in [0, 0.05) is 5.92 Å². The third-order valence-corrected chi connectivity index (χ3v) is 5.41. The fourth-order valence-electron chi connectivity index (χ4n) is 3.84. The normalized spacial score (nSPS) is 14.5. The van der Waals surface area contributed by atoms with Crippen molar-refractivity contribution in [2.24, 2.45) is 0 Å². The maximum Gasteiger partial charge on any atom is 0.407 e. The van der Waals surface area contributed by atoms with E-state index in [1.807, 2.05) is 53.8 Å². The van der Waals surface area contributed by atoms with Crippen LogP contribution in [0.4, 0.5) is 18.0 Å². The van der Waals surface area contributed by atoms with Crippen LogP contribution in [0, 0.1) is 0 Å². The SMILES string of the molecule is CCC(NC(=O)OCC1c2ccccc2-c2ccccc21)C(=O)NC(CC(F)(F)F)C(=O)O. The summed E-state index contributed by atoms with van der Waals surface area (Å²) in [7, 11) is 0. The number of carbonyl (C=O) groups excluding carboxylic acids is 2. The van der Waals surface area contributed by atoms with Crippen molar-refractivity contribution in [3.63, 3.8) is 0 Å². The number of ether oxygens (including phenoxy) is 1. The molecule has 1 aliphatic rings. The van der Waals surface area contributed by atoms with Crippen molar-refractivity contribution in [1.82, 2.24) is 10.6 Å². The highest BCUT2D eigenvalue weighted by Gasteiger charge is 2.37. The van der Waals surface area contributed by atoms with Crippen LogP contribution in [0.1, 0.15) is 36.8 Å². The topological polar surface area (TPSA) is 105 Å². The van der Waals surface area contributed by atoms with E-state index in [1.165, 1.54) is 6.92 Å². The van der Waals surface area contributed by atoms with E-state index in [0.717, 1.165) is 22.3 Å². The zero-order chi connectivity index (χ0) is 24.2. The van der Waals surface area contributed by atoms with E-state index in [2.05, 4.69) is 5.32 Å². The second-order valence-electron chi connectivity index (χ2n) is 7.65. The molecule has 0 radical (unpaired) electrons. The first kappa shape index (κ1) is 24.1. The highest BCUT2D eigenvalue weighted by molar-refractivity contribution is 5.89. The molecule has 0 fully saturated rings. The zero-order valence-corrected chi connectivity index (χ0v) is 17.7. The number of carboxylic acids is 1. The molecule has 0 saturated heterocycles. The number of rotatable bonds is 8. The predicted octanol–water partition coefficient (Wildman–Crippen LogP) is 3.83. The summed E-state index contributed by atoms with van der Waals surface area (Å²) in [5, 5.41) is 13.1. The van der Waals surface area contributed by atoms with Gasteiger partial charge in [-0.25, -0.2) is 9.59 Å². The Morgan fingerprint density at radius 2 is 1.52 bits per heavy atom. The minimum atomic E-state index is -4.78. The highest BCUT2D eigenvalue weighted by atomic mass is 19.4. The fraction of sp³-hybridized carbons (Fsp3) is 0.348. The second-order valence-corrected chi connectivity index (χ2v) is 7.65. The Hall–Kier alpha value is -3.56. The molecule has 2 aromatic carbocycles. The van der Waals surface area contributed by atoms with Crippen molar-refractivity contribution in [3.05, 3.63) is 59.7 Å². The van der Waals surface area contributed by atoms with Gasteiger partial charge in [0.1, 0.15) is 18.7 Å². The van der Waals surface area contributed by atoms with E-state index in [9.17, 15) is 27.6 Å². The summed E-state index contributed by atoms with van der Waals surface area (Å²) in [6.07, 6.45) is -7.41. The van der Waals surface area contributed by atoms with Crippen molar-refractivity contribution in [3.8, 4) is 11.1 Å². The molecule has 0 heterocycles. The van der Waals surface area contributed by atoms with Crippen LogP contribution in [-0.4, -0.2) is 47.9 Å². The maximum atomic E-state index is 12.6. The van der Waals surface area contributed by atoms with Crippen molar-refractivity contribution in [2.45, 2.75) is 43.9 Å². The van der Waals surface area contributed by atoms with Crippen LogP contribution in [0.2, 0.25) is 0 Å². The van der Waals surface area contributed by atoms with Gasteiger partial charge in [0.05, 0.1) is 6.42 Å². The molecule has 0 saturated carbocycles. The number of hydrogen-bond donors (Lipinski definition) is 3. The van der Waals surface area contributed by atoms with E-state index < -0.39 is 42.7 Å². The van der Waals surface area contributed by atoms with Crippen LogP contribution in [0.25, 0.3) is 11.1 Å². The molecule has 10 heteroatoms. The van der Waals surface area contributed by atoms with Gasteiger partial charge < -0.3 is 20.5 Å². The lowest BCUT2D eigenvalue weighted by atomic mass is 9.98. The minimum absolute atomic E-state index is 0.0102. The number of halogens is 3. The molecule has 2 atom stereocenters. The molecule has 1 aliphatic carbocycles. The maximum absolute atomic E-state index is 12.6. The Morgan fingerprint density at radius 1 is 0.970 bits per heavy atom. The number of benzene rings is 2. The second kappa shape index (κ2) is 9.93. The number of alkyl halides is 3. The van der Waals surface area contributed by atoms with Crippen LogP contribution in [0.5, 0.6) is 0 Å².